The number of carboxylic acid groups (broad SMARTS) is 1. The number of nitrogens with zero attached hydrogens (tertiary/aromatic N) is 4. The highest BCUT2D eigenvalue weighted by molar-refractivity contribution is 7.99. The van der Waals surface area contributed by atoms with Gasteiger partial charge < -0.3 is 10.0 Å². The van der Waals surface area contributed by atoms with Crippen LogP contribution in [0.25, 0.3) is 0 Å². The third-order valence-electron chi connectivity index (χ3n) is 3.54. The third-order valence-corrected chi connectivity index (χ3v) is 4.49. The van der Waals surface area contributed by atoms with Crippen LogP contribution in [-0.4, -0.2) is 44.7 Å². The van der Waals surface area contributed by atoms with Gasteiger partial charge in [0.1, 0.15) is 0 Å². The summed E-state index contributed by atoms with van der Waals surface area (Å²) in [6, 6.07) is 0. The number of aliphatic carboxylic acids is 1. The Morgan fingerprint density at radius 2 is 2.10 bits per heavy atom. The van der Waals surface area contributed by atoms with Gasteiger partial charge >= 0.3 is 5.97 Å². The van der Waals surface area contributed by atoms with Crippen LogP contribution in [0.15, 0.2) is 5.16 Å². The molecule has 0 unspecified atom stereocenters. The lowest BCUT2D eigenvalue weighted by Crippen LogP contribution is -2.34. The number of rotatable bonds is 6. The molecule has 7 heteroatoms. The first-order valence-electron chi connectivity index (χ1n) is 7.14. The number of carbonyl (C=O) groups is 1. The molecule has 112 valence electrons. The number of hydrogen-bond acceptors (Lipinski definition) is 5. The van der Waals surface area contributed by atoms with E-state index >= 15 is 0 Å². The van der Waals surface area contributed by atoms with Crippen LogP contribution in [0.2, 0.25) is 0 Å². The second-order valence-electron chi connectivity index (χ2n) is 5.29. The summed E-state index contributed by atoms with van der Waals surface area (Å²) in [5.74, 6) is 0.870. The molecule has 2 rings (SSSR count). The van der Waals surface area contributed by atoms with Crippen LogP contribution in [-0.2, 0) is 11.3 Å². The Labute approximate surface area is 123 Å². The number of hydrogen-bond donors (Lipinski definition) is 1. The van der Waals surface area contributed by atoms with Crippen molar-refractivity contribution in [3.63, 3.8) is 0 Å². The van der Waals surface area contributed by atoms with Gasteiger partial charge in [-0.25, -0.2) is 0 Å². The molecule has 1 N–H and O–H groups in total. The lowest BCUT2D eigenvalue weighted by atomic mass is 10.00. The molecule has 1 aromatic heterocycles. The fourth-order valence-corrected chi connectivity index (χ4v) is 3.06. The van der Waals surface area contributed by atoms with Gasteiger partial charge in [0, 0.05) is 19.6 Å². The summed E-state index contributed by atoms with van der Waals surface area (Å²) in [4.78, 5) is 13.0. The van der Waals surface area contributed by atoms with Gasteiger partial charge in [-0.05, 0) is 25.2 Å². The van der Waals surface area contributed by atoms with Gasteiger partial charge in [-0.15, -0.1) is 10.2 Å². The molecule has 0 aromatic carbocycles. The lowest BCUT2D eigenvalue weighted by Gasteiger charge is -2.31. The van der Waals surface area contributed by atoms with Crippen LogP contribution < -0.4 is 4.90 Å². The van der Waals surface area contributed by atoms with Crippen LogP contribution in [0.5, 0.6) is 0 Å². The first-order valence-corrected chi connectivity index (χ1v) is 8.13. The van der Waals surface area contributed by atoms with Crippen LogP contribution in [0.1, 0.15) is 33.1 Å². The Bertz CT molecular complexity index is 455. The van der Waals surface area contributed by atoms with Crippen LogP contribution in [0.3, 0.4) is 0 Å². The Morgan fingerprint density at radius 3 is 2.70 bits per heavy atom. The highest BCUT2D eigenvalue weighted by Gasteiger charge is 2.22. The maximum Gasteiger partial charge on any atom is 0.313 e. The summed E-state index contributed by atoms with van der Waals surface area (Å²) in [7, 11) is 0. The Morgan fingerprint density at radius 1 is 1.40 bits per heavy atom. The van der Waals surface area contributed by atoms with Gasteiger partial charge in [-0.1, -0.05) is 25.6 Å². The van der Waals surface area contributed by atoms with Crippen LogP contribution >= 0.6 is 11.8 Å². The third kappa shape index (κ3) is 3.65. The predicted octanol–water partition coefficient (Wildman–Crippen LogP) is 2.10. The second-order valence-corrected chi connectivity index (χ2v) is 6.23. The molecule has 1 saturated heterocycles. The first kappa shape index (κ1) is 15.2. The van der Waals surface area contributed by atoms with Crippen LogP contribution in [0.4, 0.5) is 5.95 Å². The lowest BCUT2D eigenvalue weighted by molar-refractivity contribution is -0.133. The number of aromatic nitrogens is 3. The van der Waals surface area contributed by atoms with Gasteiger partial charge in [-0.2, -0.15) is 0 Å². The van der Waals surface area contributed by atoms with Crippen LogP contribution in [0, 0.1) is 5.92 Å². The van der Waals surface area contributed by atoms with E-state index in [2.05, 4.69) is 33.5 Å². The van der Waals surface area contributed by atoms with E-state index in [1.807, 2.05) is 0 Å². The smallest absolute Gasteiger partial charge is 0.313 e. The van der Waals surface area contributed by atoms with Crippen molar-refractivity contribution in [2.24, 2.45) is 5.92 Å². The summed E-state index contributed by atoms with van der Waals surface area (Å²) in [6.07, 6.45) is 3.34. The van der Waals surface area contributed by atoms with Gasteiger partial charge in [0.25, 0.3) is 0 Å². The van der Waals surface area contributed by atoms with E-state index in [1.54, 1.807) is 0 Å². The highest BCUT2D eigenvalue weighted by Crippen LogP contribution is 2.26. The average molecular weight is 298 g/mol. The van der Waals surface area contributed by atoms with E-state index in [4.69, 9.17) is 5.11 Å². The molecule has 2 heterocycles. The van der Waals surface area contributed by atoms with E-state index in [0.717, 1.165) is 37.9 Å². The summed E-state index contributed by atoms with van der Waals surface area (Å²) < 4.78 is 2.06. The molecule has 0 spiro atoms. The number of thioether (sulfide) groups is 1. The zero-order valence-electron chi connectivity index (χ0n) is 12.1. The highest BCUT2D eigenvalue weighted by atomic mass is 32.2. The molecule has 20 heavy (non-hydrogen) atoms. The topological polar surface area (TPSA) is 71.2 Å². The van der Waals surface area contributed by atoms with Crippen molar-refractivity contribution >= 4 is 23.7 Å². The van der Waals surface area contributed by atoms with E-state index in [0.29, 0.717) is 5.16 Å². The minimum atomic E-state index is -0.825. The number of carboxylic acids is 1. The minimum absolute atomic E-state index is 0.0267. The van der Waals surface area contributed by atoms with Crippen molar-refractivity contribution in [3.05, 3.63) is 0 Å². The molecule has 0 saturated carbocycles. The minimum Gasteiger partial charge on any atom is -0.481 e. The summed E-state index contributed by atoms with van der Waals surface area (Å²) in [5.41, 5.74) is 0. The number of anilines is 1. The summed E-state index contributed by atoms with van der Waals surface area (Å²) in [5, 5.41) is 18.0. The second kappa shape index (κ2) is 6.97. The van der Waals surface area contributed by atoms with E-state index in [9.17, 15) is 4.79 Å². The van der Waals surface area contributed by atoms with Crippen molar-refractivity contribution in [1.82, 2.24) is 14.8 Å². The van der Waals surface area contributed by atoms with Gasteiger partial charge in [0.05, 0.1) is 5.75 Å². The van der Waals surface area contributed by atoms with Gasteiger partial charge in [-0.3, -0.25) is 9.36 Å². The molecule has 0 bridgehead atoms. The molecule has 1 aromatic rings. The van der Waals surface area contributed by atoms with Crippen molar-refractivity contribution < 1.29 is 9.90 Å². The molecule has 0 amide bonds. The van der Waals surface area contributed by atoms with Crippen molar-refractivity contribution in [2.75, 3.05) is 23.7 Å². The fraction of sp³-hybridized carbons (Fsp3) is 0.769. The first-order chi connectivity index (χ1) is 9.61. The largest absolute Gasteiger partial charge is 0.481 e. The molecule has 0 atom stereocenters. The van der Waals surface area contributed by atoms with Crippen molar-refractivity contribution in [2.45, 2.75) is 44.8 Å². The van der Waals surface area contributed by atoms with Gasteiger partial charge in [0.15, 0.2) is 5.16 Å². The molecule has 0 aliphatic carbocycles. The maximum absolute atomic E-state index is 10.7. The monoisotopic (exact) mass is 298 g/mol. The molecule has 1 fully saturated rings. The molecule has 6 nitrogen and oxygen atoms in total. The molecule has 1 aliphatic rings. The molecular formula is C13H22N4O2S. The van der Waals surface area contributed by atoms with Crippen molar-refractivity contribution in [3.8, 4) is 0 Å². The summed E-state index contributed by atoms with van der Waals surface area (Å²) >= 11 is 1.24. The number of piperidine rings is 1. The van der Waals surface area contributed by atoms with E-state index < -0.39 is 5.97 Å². The predicted molar refractivity (Wildman–Crippen MR) is 79.3 cm³/mol. The average Bonchev–Trinajstić information content (AvgIpc) is 2.81. The fourth-order valence-electron chi connectivity index (χ4n) is 2.38. The standard InChI is InChI=1S/C13H22N4O2S/c1-3-6-17-12(16-7-4-10(2)5-8-16)14-15-13(17)20-9-11(18)19/h10H,3-9H2,1-2H3,(H,18,19). The Kier molecular flexibility index (Phi) is 5.28. The zero-order valence-corrected chi connectivity index (χ0v) is 12.9. The molecular weight excluding hydrogens is 276 g/mol. The van der Waals surface area contributed by atoms with Crippen molar-refractivity contribution in [1.29, 1.82) is 0 Å². The summed E-state index contributed by atoms with van der Waals surface area (Å²) in [6.45, 7) is 7.23. The van der Waals surface area contributed by atoms with E-state index in [-0.39, 0.29) is 5.75 Å². The maximum atomic E-state index is 10.7. The zero-order chi connectivity index (χ0) is 14.5. The molecule has 0 radical (unpaired) electrons. The Hall–Kier alpha value is -1.24. The SMILES string of the molecule is CCCn1c(SCC(=O)O)nnc1N1CCC(C)CC1. The van der Waals surface area contributed by atoms with Gasteiger partial charge in [0.2, 0.25) is 5.95 Å². The Balaban J connectivity index is 2.13. The normalized spacial score (nSPS) is 16.6. The van der Waals surface area contributed by atoms with E-state index in [1.165, 1.54) is 24.6 Å². The molecule has 1 aliphatic heterocycles. The quantitative estimate of drug-likeness (QED) is 0.811.